The zero-order valence-corrected chi connectivity index (χ0v) is 18.0. The van der Waals surface area contributed by atoms with Crippen molar-refractivity contribution in [2.75, 3.05) is 26.7 Å². The van der Waals surface area contributed by atoms with Crippen molar-refractivity contribution in [1.29, 1.82) is 0 Å². The molecule has 0 radical (unpaired) electrons. The normalized spacial score (nSPS) is 16.5. The summed E-state index contributed by atoms with van der Waals surface area (Å²) in [5, 5.41) is 4.41. The molecule has 4 nitrogen and oxygen atoms in total. The van der Waals surface area contributed by atoms with E-state index in [2.05, 4.69) is 5.32 Å². The largest absolute Gasteiger partial charge is 0.323 e. The third-order valence-corrected chi connectivity index (χ3v) is 5.19. The highest BCUT2D eigenvalue weighted by Gasteiger charge is 2.30. The fourth-order valence-corrected chi connectivity index (χ4v) is 4.06. The second kappa shape index (κ2) is 9.79. The monoisotopic (exact) mass is 445 g/mol. The fraction of sp³-hybridized carbons (Fsp3) is 0.350. The smallest absolute Gasteiger partial charge is 0.320 e. The molecular weight excluding hydrogens is 424 g/mol. The van der Waals surface area contributed by atoms with Crippen LogP contribution in [0.3, 0.4) is 0 Å². The SMILES string of the molecule is Cc1cc(F)ccc1[C@H]1CNCCN1C(=O)N(C)Cc1cc(Cl)cc(Cl)c1.Cl. The van der Waals surface area contributed by atoms with E-state index in [4.69, 9.17) is 23.2 Å². The molecule has 2 aromatic carbocycles. The summed E-state index contributed by atoms with van der Waals surface area (Å²) in [6.45, 7) is 4.21. The number of hydrogen-bond donors (Lipinski definition) is 1. The van der Waals surface area contributed by atoms with Crippen LogP contribution in [0.25, 0.3) is 0 Å². The number of nitrogens with one attached hydrogen (secondary N) is 1. The van der Waals surface area contributed by atoms with Crippen molar-refractivity contribution in [3.8, 4) is 0 Å². The molecule has 0 saturated carbocycles. The molecule has 2 amide bonds. The molecule has 3 rings (SSSR count). The molecule has 1 fully saturated rings. The lowest BCUT2D eigenvalue weighted by Crippen LogP contribution is -2.52. The van der Waals surface area contributed by atoms with Crippen molar-refractivity contribution < 1.29 is 9.18 Å². The summed E-state index contributed by atoms with van der Waals surface area (Å²) >= 11 is 12.1. The van der Waals surface area contributed by atoms with E-state index in [9.17, 15) is 9.18 Å². The lowest BCUT2D eigenvalue weighted by molar-refractivity contribution is 0.126. The zero-order chi connectivity index (χ0) is 19.6. The molecule has 0 aromatic heterocycles. The number of carbonyl (C=O) groups is 1. The van der Waals surface area contributed by atoms with E-state index in [1.54, 1.807) is 36.2 Å². The van der Waals surface area contributed by atoms with Crippen LogP contribution < -0.4 is 5.32 Å². The number of aryl methyl sites for hydroxylation is 1. The molecular formula is C20H23Cl3FN3O. The molecule has 0 aliphatic carbocycles. The van der Waals surface area contributed by atoms with Crippen LogP contribution in [0.5, 0.6) is 0 Å². The predicted octanol–water partition coefficient (Wildman–Crippen LogP) is 5.06. The minimum atomic E-state index is -0.271. The van der Waals surface area contributed by atoms with Gasteiger partial charge in [0, 0.05) is 43.3 Å². The number of nitrogens with zero attached hydrogens (tertiary/aromatic N) is 2. The molecule has 1 aliphatic heterocycles. The van der Waals surface area contributed by atoms with Gasteiger partial charge in [-0.3, -0.25) is 0 Å². The first kappa shape index (κ1) is 22.8. The Hall–Kier alpha value is -1.53. The van der Waals surface area contributed by atoms with E-state index in [1.807, 2.05) is 11.8 Å². The van der Waals surface area contributed by atoms with Crippen molar-refractivity contribution in [3.63, 3.8) is 0 Å². The Morgan fingerprint density at radius 3 is 2.57 bits per heavy atom. The lowest BCUT2D eigenvalue weighted by atomic mass is 9.98. The Kier molecular flexibility index (Phi) is 7.96. The van der Waals surface area contributed by atoms with E-state index < -0.39 is 0 Å². The number of halogens is 4. The van der Waals surface area contributed by atoms with Crippen LogP contribution in [-0.2, 0) is 6.54 Å². The molecule has 1 heterocycles. The van der Waals surface area contributed by atoms with Gasteiger partial charge in [0.1, 0.15) is 5.82 Å². The maximum absolute atomic E-state index is 13.5. The molecule has 152 valence electrons. The molecule has 1 atom stereocenters. The molecule has 2 aromatic rings. The third-order valence-electron chi connectivity index (χ3n) is 4.75. The first-order valence-electron chi connectivity index (χ1n) is 8.78. The van der Waals surface area contributed by atoms with Gasteiger partial charge in [0.05, 0.1) is 6.04 Å². The maximum Gasteiger partial charge on any atom is 0.320 e. The number of benzene rings is 2. The van der Waals surface area contributed by atoms with Crippen molar-refractivity contribution in [2.45, 2.75) is 19.5 Å². The van der Waals surface area contributed by atoms with E-state index in [-0.39, 0.29) is 30.3 Å². The van der Waals surface area contributed by atoms with Crippen LogP contribution in [0.4, 0.5) is 9.18 Å². The summed E-state index contributed by atoms with van der Waals surface area (Å²) in [7, 11) is 1.76. The van der Waals surface area contributed by atoms with Gasteiger partial charge in [0.15, 0.2) is 0 Å². The highest BCUT2D eigenvalue weighted by molar-refractivity contribution is 6.34. The summed E-state index contributed by atoms with van der Waals surface area (Å²) in [5.41, 5.74) is 2.66. The topological polar surface area (TPSA) is 35.6 Å². The van der Waals surface area contributed by atoms with E-state index in [0.717, 1.165) is 23.2 Å². The lowest BCUT2D eigenvalue weighted by Gasteiger charge is -2.39. The van der Waals surface area contributed by atoms with Crippen molar-refractivity contribution in [2.24, 2.45) is 0 Å². The Morgan fingerprint density at radius 1 is 1.25 bits per heavy atom. The highest BCUT2D eigenvalue weighted by atomic mass is 35.5. The van der Waals surface area contributed by atoms with Crippen LogP contribution >= 0.6 is 35.6 Å². The van der Waals surface area contributed by atoms with Crippen LogP contribution in [0, 0.1) is 12.7 Å². The highest BCUT2D eigenvalue weighted by Crippen LogP contribution is 2.27. The average Bonchev–Trinajstić information content (AvgIpc) is 2.60. The van der Waals surface area contributed by atoms with Gasteiger partial charge in [-0.15, -0.1) is 12.4 Å². The average molecular weight is 447 g/mol. The number of urea groups is 1. The standard InChI is InChI=1S/C20H22Cl2FN3O.ClH/c1-13-7-17(23)3-4-18(13)19-11-24-5-6-26(19)20(27)25(2)12-14-8-15(21)10-16(22)9-14;/h3-4,7-10,19,24H,5-6,11-12H2,1-2H3;1H/t19-;/m1./s1. The van der Waals surface area contributed by atoms with Gasteiger partial charge in [0.2, 0.25) is 0 Å². The van der Waals surface area contributed by atoms with Gasteiger partial charge in [-0.25, -0.2) is 9.18 Å². The van der Waals surface area contributed by atoms with Gasteiger partial charge in [-0.2, -0.15) is 0 Å². The second-order valence-electron chi connectivity index (χ2n) is 6.83. The van der Waals surface area contributed by atoms with Crippen LogP contribution in [0.1, 0.15) is 22.7 Å². The molecule has 8 heteroatoms. The van der Waals surface area contributed by atoms with Crippen molar-refractivity contribution >= 4 is 41.6 Å². The summed E-state index contributed by atoms with van der Waals surface area (Å²) in [6.07, 6.45) is 0. The van der Waals surface area contributed by atoms with Gasteiger partial charge in [-0.1, -0.05) is 29.3 Å². The molecule has 1 N–H and O–H groups in total. The second-order valence-corrected chi connectivity index (χ2v) is 7.70. The third kappa shape index (κ3) is 5.29. The van der Waals surface area contributed by atoms with E-state index >= 15 is 0 Å². The Balaban J connectivity index is 0.00000280. The molecule has 0 bridgehead atoms. The molecule has 1 saturated heterocycles. The van der Waals surface area contributed by atoms with Crippen LogP contribution in [0.15, 0.2) is 36.4 Å². The van der Waals surface area contributed by atoms with Gasteiger partial charge in [-0.05, 0) is 53.9 Å². The summed E-state index contributed by atoms with van der Waals surface area (Å²) in [5.74, 6) is -0.271. The summed E-state index contributed by atoms with van der Waals surface area (Å²) < 4.78 is 13.5. The van der Waals surface area contributed by atoms with Crippen molar-refractivity contribution in [1.82, 2.24) is 15.1 Å². The first-order valence-corrected chi connectivity index (χ1v) is 9.54. The summed E-state index contributed by atoms with van der Waals surface area (Å²) in [6, 6.07) is 9.75. The number of piperazine rings is 1. The van der Waals surface area contributed by atoms with Gasteiger partial charge >= 0.3 is 6.03 Å². The molecule has 0 spiro atoms. The van der Waals surface area contributed by atoms with E-state index in [1.165, 1.54) is 12.1 Å². The number of amides is 2. The molecule has 28 heavy (non-hydrogen) atoms. The minimum Gasteiger partial charge on any atom is -0.323 e. The minimum absolute atomic E-state index is 0. The Labute approximate surface area is 181 Å². The zero-order valence-electron chi connectivity index (χ0n) is 15.7. The summed E-state index contributed by atoms with van der Waals surface area (Å²) in [4.78, 5) is 16.6. The van der Waals surface area contributed by atoms with Gasteiger partial charge < -0.3 is 15.1 Å². The number of hydrogen-bond acceptors (Lipinski definition) is 2. The Morgan fingerprint density at radius 2 is 1.93 bits per heavy atom. The van der Waals surface area contributed by atoms with E-state index in [0.29, 0.717) is 29.7 Å². The van der Waals surface area contributed by atoms with Crippen LogP contribution in [0.2, 0.25) is 10.0 Å². The Bertz CT molecular complexity index is 829. The molecule has 1 aliphatic rings. The van der Waals surface area contributed by atoms with Gasteiger partial charge in [0.25, 0.3) is 0 Å². The maximum atomic E-state index is 13.5. The number of carbonyl (C=O) groups excluding carboxylic acids is 1. The first-order chi connectivity index (χ1) is 12.8. The fourth-order valence-electron chi connectivity index (χ4n) is 3.49. The predicted molar refractivity (Wildman–Crippen MR) is 114 cm³/mol. The molecule has 0 unspecified atom stereocenters. The quantitative estimate of drug-likeness (QED) is 0.715. The van der Waals surface area contributed by atoms with Crippen LogP contribution in [-0.4, -0.2) is 42.5 Å². The number of rotatable bonds is 3. The van der Waals surface area contributed by atoms with Crippen molar-refractivity contribution in [3.05, 3.63) is 69.0 Å².